The SMILES string of the molecule is O=C(Nc1ncns1)c1ccoc1C1CC1. The van der Waals surface area contributed by atoms with Crippen LogP contribution in [0.5, 0.6) is 0 Å². The Labute approximate surface area is 95.7 Å². The van der Waals surface area contributed by atoms with E-state index in [0.717, 1.165) is 30.1 Å². The molecule has 2 aromatic heterocycles. The van der Waals surface area contributed by atoms with Gasteiger partial charge in [0.05, 0.1) is 11.8 Å². The number of rotatable bonds is 3. The number of carbonyl (C=O) groups excluding carboxylic acids is 1. The fourth-order valence-electron chi connectivity index (χ4n) is 1.56. The molecule has 82 valence electrons. The van der Waals surface area contributed by atoms with Crippen LogP contribution in [0.15, 0.2) is 23.1 Å². The highest BCUT2D eigenvalue weighted by atomic mass is 32.1. The smallest absolute Gasteiger partial charge is 0.261 e. The average Bonchev–Trinajstić information content (AvgIpc) is 2.82. The van der Waals surface area contributed by atoms with Crippen LogP contribution in [0.25, 0.3) is 0 Å². The predicted octanol–water partition coefficient (Wildman–Crippen LogP) is 2.26. The summed E-state index contributed by atoms with van der Waals surface area (Å²) in [5.41, 5.74) is 0.609. The summed E-state index contributed by atoms with van der Waals surface area (Å²) in [5.74, 6) is 1.04. The first kappa shape index (κ1) is 9.53. The zero-order valence-corrected chi connectivity index (χ0v) is 9.16. The summed E-state index contributed by atoms with van der Waals surface area (Å²) in [7, 11) is 0. The molecule has 0 aromatic carbocycles. The summed E-state index contributed by atoms with van der Waals surface area (Å²) in [5, 5.41) is 3.20. The van der Waals surface area contributed by atoms with Gasteiger partial charge in [-0.25, -0.2) is 4.98 Å². The zero-order chi connectivity index (χ0) is 11.0. The molecule has 6 heteroatoms. The van der Waals surface area contributed by atoms with Gasteiger partial charge in [-0.15, -0.1) is 0 Å². The lowest BCUT2D eigenvalue weighted by Crippen LogP contribution is -2.12. The third-order valence-electron chi connectivity index (χ3n) is 2.47. The summed E-state index contributed by atoms with van der Waals surface area (Å²) in [6.07, 6.45) is 5.18. The van der Waals surface area contributed by atoms with Crippen molar-refractivity contribution < 1.29 is 9.21 Å². The molecule has 3 rings (SSSR count). The van der Waals surface area contributed by atoms with E-state index < -0.39 is 0 Å². The van der Waals surface area contributed by atoms with Crippen molar-refractivity contribution in [3.05, 3.63) is 30.0 Å². The minimum atomic E-state index is -0.174. The predicted molar refractivity (Wildman–Crippen MR) is 58.5 cm³/mol. The molecule has 0 aliphatic heterocycles. The van der Waals surface area contributed by atoms with Crippen LogP contribution < -0.4 is 5.32 Å². The molecular formula is C10H9N3O2S. The second-order valence-corrected chi connectivity index (χ2v) is 4.45. The fourth-order valence-corrected chi connectivity index (χ4v) is 1.99. The second kappa shape index (κ2) is 3.71. The zero-order valence-electron chi connectivity index (χ0n) is 8.34. The first-order chi connectivity index (χ1) is 7.84. The summed E-state index contributed by atoms with van der Waals surface area (Å²) >= 11 is 1.15. The van der Waals surface area contributed by atoms with Gasteiger partial charge in [-0.1, -0.05) is 0 Å². The van der Waals surface area contributed by atoms with E-state index in [1.165, 1.54) is 6.33 Å². The molecule has 0 atom stereocenters. The highest BCUT2D eigenvalue weighted by Crippen LogP contribution is 2.42. The molecule has 16 heavy (non-hydrogen) atoms. The Morgan fingerprint density at radius 1 is 1.56 bits per heavy atom. The van der Waals surface area contributed by atoms with Crippen LogP contribution >= 0.6 is 11.5 Å². The van der Waals surface area contributed by atoms with Crippen LogP contribution in [0.2, 0.25) is 0 Å². The lowest BCUT2D eigenvalue weighted by atomic mass is 10.2. The van der Waals surface area contributed by atoms with Gasteiger partial charge in [0.2, 0.25) is 5.13 Å². The highest BCUT2D eigenvalue weighted by Gasteiger charge is 2.31. The first-order valence-corrected chi connectivity index (χ1v) is 5.77. The summed E-state index contributed by atoms with van der Waals surface area (Å²) in [4.78, 5) is 15.8. The summed E-state index contributed by atoms with van der Waals surface area (Å²) < 4.78 is 9.15. The number of furan rings is 1. The van der Waals surface area contributed by atoms with Crippen molar-refractivity contribution in [1.82, 2.24) is 9.36 Å². The van der Waals surface area contributed by atoms with E-state index in [-0.39, 0.29) is 5.91 Å². The summed E-state index contributed by atoms with van der Waals surface area (Å²) in [6.45, 7) is 0. The molecule has 1 amide bonds. The Kier molecular flexibility index (Phi) is 2.21. The van der Waals surface area contributed by atoms with Crippen LogP contribution in [-0.4, -0.2) is 15.3 Å². The van der Waals surface area contributed by atoms with Gasteiger partial charge in [-0.2, -0.15) is 4.37 Å². The third-order valence-corrected chi connectivity index (χ3v) is 3.05. The Morgan fingerprint density at radius 2 is 2.44 bits per heavy atom. The molecule has 1 fully saturated rings. The van der Waals surface area contributed by atoms with Crippen molar-refractivity contribution >= 4 is 22.6 Å². The number of anilines is 1. The molecule has 0 unspecified atom stereocenters. The topological polar surface area (TPSA) is 68.0 Å². The monoisotopic (exact) mass is 235 g/mol. The van der Waals surface area contributed by atoms with E-state index in [4.69, 9.17) is 4.42 Å². The van der Waals surface area contributed by atoms with E-state index in [9.17, 15) is 4.79 Å². The molecule has 2 aromatic rings. The molecule has 0 bridgehead atoms. The minimum absolute atomic E-state index is 0.174. The average molecular weight is 235 g/mol. The van der Waals surface area contributed by atoms with Crippen molar-refractivity contribution in [2.45, 2.75) is 18.8 Å². The minimum Gasteiger partial charge on any atom is -0.468 e. The van der Waals surface area contributed by atoms with Crippen LogP contribution in [0.4, 0.5) is 5.13 Å². The van der Waals surface area contributed by atoms with Gasteiger partial charge in [0.25, 0.3) is 5.91 Å². The van der Waals surface area contributed by atoms with Crippen molar-refractivity contribution in [1.29, 1.82) is 0 Å². The van der Waals surface area contributed by atoms with Gasteiger partial charge in [0.15, 0.2) is 0 Å². The number of nitrogens with zero attached hydrogens (tertiary/aromatic N) is 2. The molecule has 5 nitrogen and oxygen atoms in total. The van der Waals surface area contributed by atoms with E-state index in [1.807, 2.05) is 0 Å². The van der Waals surface area contributed by atoms with E-state index in [2.05, 4.69) is 14.7 Å². The third kappa shape index (κ3) is 1.71. The van der Waals surface area contributed by atoms with Crippen molar-refractivity contribution in [3.8, 4) is 0 Å². The number of amides is 1. The maximum absolute atomic E-state index is 11.9. The Bertz CT molecular complexity index is 502. The molecular weight excluding hydrogens is 226 g/mol. The number of carbonyl (C=O) groups is 1. The summed E-state index contributed by atoms with van der Waals surface area (Å²) in [6, 6.07) is 1.70. The molecule has 1 saturated carbocycles. The molecule has 0 saturated heterocycles. The van der Waals surface area contributed by atoms with Crippen LogP contribution in [0, 0.1) is 0 Å². The van der Waals surface area contributed by atoms with Gasteiger partial charge in [0, 0.05) is 17.5 Å². The van der Waals surface area contributed by atoms with Crippen molar-refractivity contribution in [3.63, 3.8) is 0 Å². The second-order valence-electron chi connectivity index (χ2n) is 3.67. The van der Waals surface area contributed by atoms with E-state index in [1.54, 1.807) is 12.3 Å². The largest absolute Gasteiger partial charge is 0.468 e. The molecule has 0 spiro atoms. The number of hydrogen-bond donors (Lipinski definition) is 1. The normalized spacial score (nSPS) is 15.0. The van der Waals surface area contributed by atoms with Crippen molar-refractivity contribution in [2.75, 3.05) is 5.32 Å². The number of hydrogen-bond acceptors (Lipinski definition) is 5. The quantitative estimate of drug-likeness (QED) is 0.886. The van der Waals surface area contributed by atoms with Crippen LogP contribution in [0.3, 0.4) is 0 Å². The van der Waals surface area contributed by atoms with Gasteiger partial charge >= 0.3 is 0 Å². The number of nitrogens with one attached hydrogen (secondary N) is 1. The number of aromatic nitrogens is 2. The van der Waals surface area contributed by atoms with Crippen LogP contribution in [-0.2, 0) is 0 Å². The molecule has 1 N–H and O–H groups in total. The lowest BCUT2D eigenvalue weighted by molar-refractivity contribution is 0.102. The maximum Gasteiger partial charge on any atom is 0.261 e. The van der Waals surface area contributed by atoms with Gasteiger partial charge < -0.3 is 4.42 Å². The standard InChI is InChI=1S/C10H9N3O2S/c14-9(13-10-11-5-12-16-10)7-3-4-15-8(7)6-1-2-6/h3-6H,1-2H2,(H,11,12,13,14). The van der Waals surface area contributed by atoms with Crippen LogP contribution in [0.1, 0.15) is 34.9 Å². The Morgan fingerprint density at radius 3 is 3.12 bits per heavy atom. The van der Waals surface area contributed by atoms with Gasteiger partial charge in [0.1, 0.15) is 12.1 Å². The van der Waals surface area contributed by atoms with E-state index >= 15 is 0 Å². The Balaban J connectivity index is 1.80. The first-order valence-electron chi connectivity index (χ1n) is 5.00. The molecule has 2 heterocycles. The van der Waals surface area contributed by atoms with E-state index in [0.29, 0.717) is 16.6 Å². The molecule has 1 aliphatic carbocycles. The van der Waals surface area contributed by atoms with Crippen molar-refractivity contribution in [2.24, 2.45) is 0 Å². The van der Waals surface area contributed by atoms with Gasteiger partial charge in [-0.05, 0) is 18.9 Å². The van der Waals surface area contributed by atoms with Gasteiger partial charge in [-0.3, -0.25) is 10.1 Å². The Hall–Kier alpha value is -1.69. The fraction of sp³-hybridized carbons (Fsp3) is 0.300. The highest BCUT2D eigenvalue weighted by molar-refractivity contribution is 7.09. The lowest BCUT2D eigenvalue weighted by Gasteiger charge is -2.00. The maximum atomic E-state index is 11.9. The molecule has 0 radical (unpaired) electrons. The molecule has 1 aliphatic rings.